The van der Waals surface area contributed by atoms with Crippen molar-refractivity contribution in [3.63, 3.8) is 0 Å². The second kappa shape index (κ2) is 9.24. The van der Waals surface area contributed by atoms with Crippen molar-refractivity contribution < 1.29 is 27.0 Å². The molecule has 0 aliphatic heterocycles. The van der Waals surface area contributed by atoms with E-state index >= 15 is 0 Å². The molecule has 1 aromatic carbocycles. The van der Waals surface area contributed by atoms with E-state index in [2.05, 4.69) is 37.1 Å². The SMILES string of the molecule is CC1(C)[C@H]2CC[C@@]1(CS(=O)(=O)NCc1ccc(CNS(=O)(=O)C[C@]34CC[C@@H](C[C@H]3O)C4(C)C)cc1)[C@H](O)C2. The highest BCUT2D eigenvalue weighted by Gasteiger charge is 2.66. The van der Waals surface area contributed by atoms with Gasteiger partial charge in [0, 0.05) is 23.9 Å². The molecule has 4 N–H and O–H groups in total. The summed E-state index contributed by atoms with van der Waals surface area (Å²) in [5.74, 6) is 0.584. The fraction of sp³-hybridized carbons (Fsp3) is 0.786. The number of hydrogen-bond donors (Lipinski definition) is 4. The summed E-state index contributed by atoms with van der Waals surface area (Å²) >= 11 is 0. The van der Waals surface area contributed by atoms with Crippen LogP contribution in [0.4, 0.5) is 0 Å². The Labute approximate surface area is 228 Å². The number of rotatable bonds is 10. The summed E-state index contributed by atoms with van der Waals surface area (Å²) in [6.07, 6.45) is 3.56. The average molecular weight is 569 g/mol. The first-order chi connectivity index (χ1) is 17.5. The molecule has 4 bridgehead atoms. The van der Waals surface area contributed by atoms with Gasteiger partial charge in [0.1, 0.15) is 0 Å². The number of benzene rings is 1. The monoisotopic (exact) mass is 568 g/mol. The van der Waals surface area contributed by atoms with Crippen LogP contribution in [0.5, 0.6) is 0 Å². The van der Waals surface area contributed by atoms with Crippen molar-refractivity contribution in [3.8, 4) is 0 Å². The third kappa shape index (κ3) is 4.47. The molecule has 0 spiro atoms. The Morgan fingerprint density at radius 1 is 0.711 bits per heavy atom. The smallest absolute Gasteiger partial charge is 0.212 e. The largest absolute Gasteiger partial charge is 0.392 e. The van der Waals surface area contributed by atoms with Crippen molar-refractivity contribution in [3.05, 3.63) is 35.4 Å². The molecule has 0 amide bonds. The quantitative estimate of drug-likeness (QED) is 0.343. The fourth-order valence-corrected chi connectivity index (χ4v) is 12.5. The van der Waals surface area contributed by atoms with Crippen LogP contribution in [0.15, 0.2) is 24.3 Å². The van der Waals surface area contributed by atoms with Gasteiger partial charge in [0.25, 0.3) is 0 Å². The Morgan fingerprint density at radius 3 is 1.32 bits per heavy atom. The number of hydrogen-bond acceptors (Lipinski definition) is 6. The van der Waals surface area contributed by atoms with Crippen LogP contribution >= 0.6 is 0 Å². The van der Waals surface area contributed by atoms with Gasteiger partial charge in [-0.2, -0.15) is 0 Å². The van der Waals surface area contributed by atoms with Crippen LogP contribution in [0.2, 0.25) is 0 Å². The van der Waals surface area contributed by atoms with E-state index in [9.17, 15) is 27.0 Å². The van der Waals surface area contributed by atoms with E-state index in [1.807, 2.05) is 0 Å². The van der Waals surface area contributed by atoms with E-state index in [4.69, 9.17) is 0 Å². The van der Waals surface area contributed by atoms with Crippen LogP contribution in [0.1, 0.15) is 77.3 Å². The lowest BCUT2D eigenvalue weighted by molar-refractivity contribution is 0.0150. The lowest BCUT2D eigenvalue weighted by Crippen LogP contribution is -2.47. The number of fused-ring (bicyclic) bond motifs is 4. The zero-order chi connectivity index (χ0) is 27.8. The molecule has 6 atom stereocenters. The number of aliphatic hydroxyl groups excluding tert-OH is 2. The standard InChI is InChI=1S/C28H44N2O6S2/c1-25(2)21-9-11-27(25,23(31)13-21)17-37(33,34)29-15-19-5-7-20(8-6-19)16-30-38(35,36)18-28-12-10-22(14-24(28)32)26(28,3)4/h5-8,21-24,29-32H,9-18H2,1-4H3/t21-,22-,23+,24+,27+,28+/m0/s1. The summed E-state index contributed by atoms with van der Waals surface area (Å²) in [5.41, 5.74) is -0.0674. The van der Waals surface area contributed by atoms with Crippen molar-refractivity contribution in [2.45, 2.75) is 91.5 Å². The zero-order valence-electron chi connectivity index (χ0n) is 23.0. The first-order valence-electron chi connectivity index (χ1n) is 13.9. The minimum absolute atomic E-state index is 0.0712. The average Bonchev–Trinajstić information content (AvgIpc) is 3.35. The minimum atomic E-state index is -3.60. The summed E-state index contributed by atoms with van der Waals surface area (Å²) in [4.78, 5) is 0. The van der Waals surface area contributed by atoms with E-state index in [0.717, 1.165) is 36.8 Å². The Hall–Kier alpha value is -1.04. The minimum Gasteiger partial charge on any atom is -0.392 e. The fourth-order valence-electron chi connectivity index (χ4n) is 8.70. The molecular weight excluding hydrogens is 524 g/mol. The lowest BCUT2D eigenvalue weighted by atomic mass is 9.70. The van der Waals surface area contributed by atoms with E-state index in [1.165, 1.54) is 0 Å². The summed E-state index contributed by atoms with van der Waals surface area (Å²) in [6.45, 7) is 8.63. The highest BCUT2D eigenvalue weighted by atomic mass is 32.2. The summed E-state index contributed by atoms with van der Waals surface area (Å²) in [5, 5.41) is 21.4. The van der Waals surface area contributed by atoms with Gasteiger partial charge >= 0.3 is 0 Å². The molecule has 0 unspecified atom stereocenters. The van der Waals surface area contributed by atoms with Gasteiger partial charge in [-0.25, -0.2) is 26.3 Å². The first kappa shape index (κ1) is 28.5. The van der Waals surface area contributed by atoms with Crippen LogP contribution in [0.3, 0.4) is 0 Å². The molecule has 4 saturated carbocycles. The summed E-state index contributed by atoms with van der Waals surface area (Å²) < 4.78 is 57.4. The molecule has 38 heavy (non-hydrogen) atoms. The normalized spacial score (nSPS) is 37.2. The topological polar surface area (TPSA) is 133 Å². The van der Waals surface area contributed by atoms with Crippen molar-refractivity contribution in [2.75, 3.05) is 11.5 Å². The highest BCUT2D eigenvalue weighted by Crippen LogP contribution is 2.67. The van der Waals surface area contributed by atoms with E-state index in [0.29, 0.717) is 24.7 Å². The van der Waals surface area contributed by atoms with Crippen LogP contribution in [0.25, 0.3) is 0 Å². The third-order valence-electron chi connectivity index (χ3n) is 11.7. The second-order valence-electron chi connectivity index (χ2n) is 13.7. The molecule has 0 heterocycles. The van der Waals surface area contributed by atoms with Gasteiger partial charge in [-0.15, -0.1) is 0 Å². The Morgan fingerprint density at radius 2 is 1.05 bits per heavy atom. The van der Waals surface area contributed by atoms with E-state index < -0.39 is 43.1 Å². The predicted molar refractivity (Wildman–Crippen MR) is 147 cm³/mol. The molecule has 4 aliphatic rings. The van der Waals surface area contributed by atoms with E-state index in [1.54, 1.807) is 24.3 Å². The predicted octanol–water partition coefficient (Wildman–Crippen LogP) is 2.90. The molecule has 4 fully saturated rings. The maximum Gasteiger partial charge on any atom is 0.212 e. The Kier molecular flexibility index (Phi) is 6.93. The van der Waals surface area contributed by atoms with Crippen LogP contribution in [-0.4, -0.2) is 50.8 Å². The van der Waals surface area contributed by atoms with Crippen molar-refractivity contribution >= 4 is 20.0 Å². The van der Waals surface area contributed by atoms with E-state index in [-0.39, 0.29) is 35.4 Å². The molecular formula is C28H44N2O6S2. The van der Waals surface area contributed by atoms with Gasteiger partial charge in [-0.1, -0.05) is 52.0 Å². The second-order valence-corrected chi connectivity index (χ2v) is 17.3. The summed E-state index contributed by atoms with van der Waals surface area (Å²) in [6, 6.07) is 7.20. The number of aliphatic hydroxyl groups is 2. The van der Waals surface area contributed by atoms with Crippen LogP contribution in [0, 0.1) is 33.5 Å². The maximum atomic E-state index is 13.0. The third-order valence-corrected chi connectivity index (χ3v) is 14.6. The molecule has 214 valence electrons. The zero-order valence-corrected chi connectivity index (χ0v) is 24.7. The van der Waals surface area contributed by atoms with Crippen LogP contribution in [-0.2, 0) is 33.1 Å². The molecule has 0 radical (unpaired) electrons. The summed E-state index contributed by atoms with van der Waals surface area (Å²) in [7, 11) is -7.21. The lowest BCUT2D eigenvalue weighted by Gasteiger charge is -2.40. The van der Waals surface area contributed by atoms with Gasteiger partial charge < -0.3 is 10.2 Å². The van der Waals surface area contributed by atoms with Crippen molar-refractivity contribution in [1.29, 1.82) is 0 Å². The van der Waals surface area contributed by atoms with Gasteiger partial charge in [0.2, 0.25) is 20.0 Å². The molecule has 0 saturated heterocycles. The molecule has 1 aromatic rings. The van der Waals surface area contributed by atoms with Gasteiger partial charge in [-0.3, -0.25) is 0 Å². The van der Waals surface area contributed by atoms with Gasteiger partial charge in [0.15, 0.2) is 0 Å². The molecule has 4 aliphatic carbocycles. The highest BCUT2D eigenvalue weighted by molar-refractivity contribution is 7.89. The van der Waals surface area contributed by atoms with Crippen molar-refractivity contribution in [2.24, 2.45) is 33.5 Å². The van der Waals surface area contributed by atoms with Gasteiger partial charge in [0.05, 0.1) is 23.7 Å². The Balaban J connectivity index is 1.16. The molecule has 10 heteroatoms. The van der Waals surface area contributed by atoms with Crippen LogP contribution < -0.4 is 9.44 Å². The Bertz CT molecular complexity index is 1180. The van der Waals surface area contributed by atoms with Crippen molar-refractivity contribution in [1.82, 2.24) is 9.44 Å². The molecule has 5 rings (SSSR count). The van der Waals surface area contributed by atoms with Gasteiger partial charge in [-0.05, 0) is 72.3 Å². The maximum absolute atomic E-state index is 13.0. The molecule has 0 aromatic heterocycles. The number of sulfonamides is 2. The first-order valence-corrected chi connectivity index (χ1v) is 17.2. The number of nitrogens with one attached hydrogen (secondary N) is 2. The molecule has 8 nitrogen and oxygen atoms in total.